The molecule has 64 valence electrons. The number of hydrogen-bond acceptors (Lipinski definition) is 7. The maximum Gasteiger partial charge on any atom is 1.00 e. The van der Waals surface area contributed by atoms with E-state index in [4.69, 9.17) is 0 Å². The van der Waals surface area contributed by atoms with Gasteiger partial charge in [0.05, 0.1) is 15.6 Å². The second-order valence-corrected chi connectivity index (χ2v) is 3.42. The van der Waals surface area contributed by atoms with Crippen LogP contribution in [0.15, 0.2) is 0 Å². The van der Waals surface area contributed by atoms with E-state index in [0.29, 0.717) is 0 Å². The first-order valence-corrected chi connectivity index (χ1v) is 4.38. The van der Waals surface area contributed by atoms with E-state index in [1.807, 2.05) is 0 Å². The Morgan fingerprint density at radius 1 is 0.714 bits per heavy atom. The standard InChI is InChI=1S/4Na.H4O7P2.H2O/c;;;;1-8(2,3)7-9(4,5)6;/h;;;;(H2,1,2,3)(H2,4,5,6);1H2/q4*+1;;/p-4. The van der Waals surface area contributed by atoms with E-state index in [-0.39, 0.29) is 124 Å². The minimum Gasteiger partial charge on any atom is -0.790 e. The molecule has 0 atom stereocenters. The normalized spacial score (nSPS) is 8.86. The second-order valence-electron chi connectivity index (χ2n) is 0.976. The quantitative estimate of drug-likeness (QED) is 0.358. The van der Waals surface area contributed by atoms with Crippen molar-refractivity contribution in [3.05, 3.63) is 0 Å². The Hall–Kier alpha value is 4.22. The van der Waals surface area contributed by atoms with Gasteiger partial charge in [0.1, 0.15) is 0 Å². The van der Waals surface area contributed by atoms with Crippen molar-refractivity contribution in [3.63, 3.8) is 0 Å². The van der Waals surface area contributed by atoms with Gasteiger partial charge in [0.2, 0.25) is 0 Å². The Kier molecular flexibility index (Phi) is 39.5. The molecule has 0 aliphatic rings. The van der Waals surface area contributed by atoms with Crippen molar-refractivity contribution in [2.75, 3.05) is 0 Å². The molecule has 0 spiro atoms. The number of rotatable bonds is 2. The van der Waals surface area contributed by atoms with E-state index in [9.17, 15) is 28.7 Å². The van der Waals surface area contributed by atoms with Gasteiger partial charge in [-0.25, -0.2) is 0 Å². The van der Waals surface area contributed by atoms with Crippen molar-refractivity contribution >= 4 is 15.6 Å². The zero-order valence-corrected chi connectivity index (χ0v) is 18.0. The van der Waals surface area contributed by atoms with E-state index in [0.717, 1.165) is 0 Å². The molecule has 0 aromatic heterocycles. The molecule has 0 bridgehead atoms. The van der Waals surface area contributed by atoms with E-state index < -0.39 is 15.6 Å². The van der Waals surface area contributed by atoms with Gasteiger partial charge in [-0.1, -0.05) is 0 Å². The first-order valence-electron chi connectivity index (χ1n) is 1.46. The summed E-state index contributed by atoms with van der Waals surface area (Å²) in [6, 6.07) is 0. The van der Waals surface area contributed by atoms with Crippen molar-refractivity contribution in [1.29, 1.82) is 0 Å². The molecule has 0 saturated carbocycles. The smallest absolute Gasteiger partial charge is 0.790 e. The van der Waals surface area contributed by atoms with Crippen molar-refractivity contribution in [2.45, 2.75) is 0 Å². The maximum absolute atomic E-state index is 9.32. The summed E-state index contributed by atoms with van der Waals surface area (Å²) in [6.45, 7) is 0. The van der Waals surface area contributed by atoms with Gasteiger partial charge in [0.25, 0.3) is 0 Å². The summed E-state index contributed by atoms with van der Waals surface area (Å²) in [5, 5.41) is 0. The van der Waals surface area contributed by atoms with Crippen LogP contribution in [0.5, 0.6) is 0 Å². The fourth-order valence-electron chi connectivity index (χ4n) is 0.122. The third kappa shape index (κ3) is 36.0. The molecule has 0 unspecified atom stereocenters. The zero-order chi connectivity index (χ0) is 7.71. The molecule has 0 fully saturated rings. The van der Waals surface area contributed by atoms with Gasteiger partial charge in [0.15, 0.2) is 0 Å². The van der Waals surface area contributed by atoms with E-state index in [2.05, 4.69) is 4.31 Å². The van der Waals surface area contributed by atoms with Crippen LogP contribution < -0.4 is 138 Å². The molecule has 0 rings (SSSR count). The molecule has 0 heterocycles. The summed E-state index contributed by atoms with van der Waals surface area (Å²) in [6.07, 6.45) is 0. The van der Waals surface area contributed by atoms with E-state index >= 15 is 0 Å². The molecular weight excluding hydrogens is 282 g/mol. The van der Waals surface area contributed by atoms with Gasteiger partial charge in [-0.2, -0.15) is 0 Å². The first kappa shape index (κ1) is 36.2. The number of hydrogen-bond donors (Lipinski definition) is 0. The predicted molar refractivity (Wildman–Crippen MR) is 19.9 cm³/mol. The Bertz CT molecular complexity index is 160. The largest absolute Gasteiger partial charge is 1.00 e. The third-order valence-electron chi connectivity index (χ3n) is 0.200. The van der Waals surface area contributed by atoms with E-state index in [1.165, 1.54) is 0 Å². The first-order chi connectivity index (χ1) is 3.71. The SMILES string of the molecule is O.O=P([O-])([O-])OP(=O)([O-])[O-].[Na+].[Na+].[Na+].[Na+]. The fourth-order valence-corrected chi connectivity index (χ4v) is 1.10. The third-order valence-corrected chi connectivity index (χ3v) is 1.80. The van der Waals surface area contributed by atoms with Crippen molar-refractivity contribution in [3.8, 4) is 0 Å². The molecule has 8 nitrogen and oxygen atoms in total. The fraction of sp³-hybridized carbons (Fsp3) is 0. The minimum atomic E-state index is -5.68. The molecular formula is H2Na4O8P2. The van der Waals surface area contributed by atoms with Crippen molar-refractivity contribution in [1.82, 2.24) is 0 Å². The molecule has 0 radical (unpaired) electrons. The molecule has 0 aliphatic carbocycles. The van der Waals surface area contributed by atoms with Crippen molar-refractivity contribution < 1.29 is 157 Å². The van der Waals surface area contributed by atoms with Crippen LogP contribution in [0, 0.1) is 0 Å². The van der Waals surface area contributed by atoms with E-state index in [1.54, 1.807) is 0 Å². The van der Waals surface area contributed by atoms with Gasteiger partial charge in [-0.05, 0) is 0 Å². The monoisotopic (exact) mass is 284 g/mol. The molecule has 0 saturated heterocycles. The summed E-state index contributed by atoms with van der Waals surface area (Å²) in [5.41, 5.74) is 0. The van der Waals surface area contributed by atoms with Crippen LogP contribution in [-0.2, 0) is 13.4 Å². The molecule has 0 aromatic carbocycles. The Morgan fingerprint density at radius 3 is 0.857 bits per heavy atom. The van der Waals surface area contributed by atoms with Gasteiger partial charge in [0, 0.05) is 0 Å². The molecule has 0 aromatic rings. The maximum atomic E-state index is 9.32. The van der Waals surface area contributed by atoms with Gasteiger partial charge in [-0.15, -0.1) is 0 Å². The minimum absolute atomic E-state index is 0. The van der Waals surface area contributed by atoms with Crippen LogP contribution in [-0.4, -0.2) is 5.48 Å². The van der Waals surface area contributed by atoms with Gasteiger partial charge < -0.3 is 38.5 Å². The average molecular weight is 284 g/mol. The van der Waals surface area contributed by atoms with Crippen LogP contribution in [0.25, 0.3) is 0 Å². The Morgan fingerprint density at radius 2 is 0.857 bits per heavy atom. The van der Waals surface area contributed by atoms with Gasteiger partial charge >= 0.3 is 118 Å². The van der Waals surface area contributed by atoms with Crippen LogP contribution in [0.3, 0.4) is 0 Å². The van der Waals surface area contributed by atoms with Crippen LogP contribution in [0.2, 0.25) is 0 Å². The summed E-state index contributed by atoms with van der Waals surface area (Å²) < 4.78 is 21.2. The Balaban J connectivity index is -0.0000000320. The predicted octanol–water partition coefficient (Wildman–Crippen LogP) is -16.1. The van der Waals surface area contributed by atoms with Crippen LogP contribution in [0.4, 0.5) is 0 Å². The van der Waals surface area contributed by atoms with Crippen molar-refractivity contribution in [2.24, 2.45) is 0 Å². The average Bonchev–Trinajstić information content (AvgIpc) is 1.14. The molecule has 14 heteroatoms. The summed E-state index contributed by atoms with van der Waals surface area (Å²) in [7, 11) is -11.4. The van der Waals surface area contributed by atoms with Gasteiger partial charge in [-0.3, -0.25) is 0 Å². The molecule has 0 aliphatic heterocycles. The van der Waals surface area contributed by atoms with Crippen LogP contribution in [0.1, 0.15) is 0 Å². The molecule has 14 heavy (non-hydrogen) atoms. The molecule has 0 amide bonds. The molecule has 2 N–H and O–H groups in total. The number of phosphoric acid groups is 2. The second kappa shape index (κ2) is 15.3. The zero-order valence-electron chi connectivity index (χ0n) is 8.25. The topological polar surface area (TPSA) is 167 Å². The Labute approximate surface area is 169 Å². The summed E-state index contributed by atoms with van der Waals surface area (Å²) >= 11 is 0. The summed E-state index contributed by atoms with van der Waals surface area (Å²) in [4.78, 5) is 37.3. The summed E-state index contributed by atoms with van der Waals surface area (Å²) in [5.74, 6) is 0. The van der Waals surface area contributed by atoms with Crippen LogP contribution >= 0.6 is 15.6 Å².